The highest BCUT2D eigenvalue weighted by Crippen LogP contribution is 2.22. The van der Waals surface area contributed by atoms with Gasteiger partial charge in [0.2, 0.25) is 0 Å². The highest BCUT2D eigenvalue weighted by Gasteiger charge is 2.19. The minimum atomic E-state index is -0.291. The molecule has 1 aromatic heterocycles. The molecule has 8 nitrogen and oxygen atoms in total. The first kappa shape index (κ1) is 18.6. The molecular formula is C21H21N5O3. The molecule has 2 aromatic carbocycles. The molecule has 1 atom stereocenters. The average molecular weight is 391 g/mol. The van der Waals surface area contributed by atoms with Gasteiger partial charge >= 0.3 is 5.69 Å². The van der Waals surface area contributed by atoms with E-state index in [1.807, 2.05) is 30.4 Å². The third-order valence-electron chi connectivity index (χ3n) is 4.75. The molecule has 1 unspecified atom stereocenters. The van der Waals surface area contributed by atoms with E-state index in [4.69, 9.17) is 10.5 Å². The minimum absolute atomic E-state index is 0.217. The van der Waals surface area contributed by atoms with Gasteiger partial charge in [0.15, 0.2) is 0 Å². The molecule has 2 heterocycles. The van der Waals surface area contributed by atoms with E-state index < -0.39 is 0 Å². The predicted molar refractivity (Wildman–Crippen MR) is 113 cm³/mol. The van der Waals surface area contributed by atoms with Crippen molar-refractivity contribution in [3.63, 3.8) is 0 Å². The van der Waals surface area contributed by atoms with Crippen molar-refractivity contribution in [2.24, 2.45) is 0 Å². The number of methoxy groups -OCH3 is 1. The molecule has 1 aliphatic rings. The third kappa shape index (κ3) is 3.78. The van der Waals surface area contributed by atoms with Gasteiger partial charge in [0.05, 0.1) is 23.6 Å². The summed E-state index contributed by atoms with van der Waals surface area (Å²) in [5, 5.41) is 5.96. The fourth-order valence-electron chi connectivity index (χ4n) is 3.17. The van der Waals surface area contributed by atoms with Gasteiger partial charge in [-0.3, -0.25) is 9.36 Å². The van der Waals surface area contributed by atoms with Crippen LogP contribution in [0.25, 0.3) is 6.08 Å². The van der Waals surface area contributed by atoms with Crippen LogP contribution in [0, 0.1) is 0 Å². The van der Waals surface area contributed by atoms with Crippen molar-refractivity contribution in [2.45, 2.75) is 12.8 Å². The maximum absolute atomic E-state index is 12.5. The maximum Gasteiger partial charge on any atom is 0.327 e. The molecule has 1 amide bonds. The number of fused-ring (bicyclic) bond motifs is 1. The SMILES string of the molecule is COC1C=Cc2[nH]c(=O)n(Cc3ccc(C(=O)Nc4ccccc4N)cc3)c2N1. The Hall–Kier alpha value is -3.78. The third-order valence-corrected chi connectivity index (χ3v) is 4.75. The van der Waals surface area contributed by atoms with Crippen molar-refractivity contribution >= 4 is 29.2 Å². The zero-order chi connectivity index (χ0) is 20.4. The Kier molecular flexibility index (Phi) is 4.92. The lowest BCUT2D eigenvalue weighted by Crippen LogP contribution is -2.26. The van der Waals surface area contributed by atoms with Gasteiger partial charge in [0.1, 0.15) is 12.0 Å². The molecular weight excluding hydrogens is 370 g/mol. The lowest BCUT2D eigenvalue weighted by atomic mass is 10.1. The van der Waals surface area contributed by atoms with Gasteiger partial charge in [-0.25, -0.2) is 4.79 Å². The Labute approximate surface area is 167 Å². The van der Waals surface area contributed by atoms with Gasteiger partial charge in [-0.2, -0.15) is 0 Å². The number of nitrogens with two attached hydrogens (primary N) is 1. The van der Waals surface area contributed by atoms with Crippen LogP contribution in [-0.2, 0) is 11.3 Å². The van der Waals surface area contributed by atoms with Crippen LogP contribution < -0.4 is 22.1 Å². The number of hydrogen-bond donors (Lipinski definition) is 4. The standard InChI is InChI=1S/C21H21N5O3/c1-29-18-11-10-17-19(25-18)26(21(28)24-17)12-13-6-8-14(9-7-13)20(27)23-16-5-3-2-4-15(16)22/h2-11,18,25H,12,22H2,1H3,(H,23,27)(H,24,28). The van der Waals surface area contributed by atoms with Gasteiger partial charge in [0.25, 0.3) is 5.91 Å². The van der Waals surface area contributed by atoms with Crippen molar-refractivity contribution in [1.29, 1.82) is 0 Å². The van der Waals surface area contributed by atoms with E-state index in [0.717, 1.165) is 5.56 Å². The Morgan fingerprint density at radius 2 is 1.97 bits per heavy atom. The second kappa shape index (κ2) is 7.69. The summed E-state index contributed by atoms with van der Waals surface area (Å²) >= 11 is 0. The van der Waals surface area contributed by atoms with Gasteiger partial charge in [0, 0.05) is 12.7 Å². The number of aromatic nitrogens is 2. The van der Waals surface area contributed by atoms with Gasteiger partial charge in [-0.15, -0.1) is 0 Å². The summed E-state index contributed by atoms with van der Waals surface area (Å²) in [6.45, 7) is 0.357. The highest BCUT2D eigenvalue weighted by molar-refractivity contribution is 6.05. The van der Waals surface area contributed by atoms with Crippen LogP contribution >= 0.6 is 0 Å². The van der Waals surface area contributed by atoms with E-state index in [2.05, 4.69) is 15.6 Å². The van der Waals surface area contributed by atoms with Crippen molar-refractivity contribution < 1.29 is 9.53 Å². The highest BCUT2D eigenvalue weighted by atomic mass is 16.5. The summed E-state index contributed by atoms with van der Waals surface area (Å²) < 4.78 is 6.88. The average Bonchev–Trinajstić information content (AvgIpc) is 3.04. The van der Waals surface area contributed by atoms with Crippen LogP contribution in [-0.4, -0.2) is 28.8 Å². The molecule has 148 valence electrons. The molecule has 8 heteroatoms. The number of carbonyl (C=O) groups excluding carboxylic acids is 1. The number of nitrogens with zero attached hydrogens (tertiary/aromatic N) is 1. The zero-order valence-electron chi connectivity index (χ0n) is 15.8. The first-order valence-corrected chi connectivity index (χ1v) is 9.10. The van der Waals surface area contributed by atoms with Gasteiger partial charge in [-0.1, -0.05) is 24.3 Å². The van der Waals surface area contributed by atoms with Crippen molar-refractivity contribution in [3.8, 4) is 0 Å². The molecule has 0 radical (unpaired) electrons. The lowest BCUT2D eigenvalue weighted by molar-refractivity contribution is 0.102. The van der Waals surface area contributed by atoms with Crippen molar-refractivity contribution in [3.05, 3.63) is 81.9 Å². The van der Waals surface area contributed by atoms with Crippen molar-refractivity contribution in [1.82, 2.24) is 9.55 Å². The van der Waals surface area contributed by atoms with Crippen LogP contribution in [0.4, 0.5) is 17.2 Å². The number of nitrogens with one attached hydrogen (secondary N) is 3. The van der Waals surface area contributed by atoms with E-state index in [-0.39, 0.29) is 17.8 Å². The second-order valence-corrected chi connectivity index (χ2v) is 6.68. The normalized spacial score (nSPS) is 14.9. The zero-order valence-corrected chi connectivity index (χ0v) is 15.8. The predicted octanol–water partition coefficient (Wildman–Crippen LogP) is 2.47. The Morgan fingerprint density at radius 1 is 1.21 bits per heavy atom. The minimum Gasteiger partial charge on any atom is -0.397 e. The number of rotatable bonds is 5. The van der Waals surface area contributed by atoms with Gasteiger partial charge in [-0.05, 0) is 42.0 Å². The van der Waals surface area contributed by atoms with E-state index in [1.165, 1.54) is 0 Å². The van der Waals surface area contributed by atoms with Crippen LogP contribution in [0.2, 0.25) is 0 Å². The smallest absolute Gasteiger partial charge is 0.327 e. The molecule has 0 saturated heterocycles. The number of anilines is 3. The lowest BCUT2D eigenvalue weighted by Gasteiger charge is -2.20. The van der Waals surface area contributed by atoms with E-state index in [0.29, 0.717) is 35.0 Å². The fraction of sp³-hybridized carbons (Fsp3) is 0.143. The number of carbonyl (C=O) groups is 1. The molecule has 3 aromatic rings. The Balaban J connectivity index is 1.50. The number of H-pyrrole nitrogens is 1. The second-order valence-electron chi connectivity index (χ2n) is 6.68. The summed E-state index contributed by atoms with van der Waals surface area (Å²) in [7, 11) is 1.59. The largest absolute Gasteiger partial charge is 0.397 e. The number of benzene rings is 2. The molecule has 0 fully saturated rings. The van der Waals surface area contributed by atoms with Gasteiger partial charge < -0.3 is 26.1 Å². The molecule has 5 N–H and O–H groups in total. The van der Waals surface area contributed by atoms with E-state index >= 15 is 0 Å². The molecule has 0 spiro atoms. The van der Waals surface area contributed by atoms with Crippen LogP contribution in [0.3, 0.4) is 0 Å². The number of para-hydroxylation sites is 2. The number of imidazole rings is 1. The monoisotopic (exact) mass is 391 g/mol. The molecule has 0 saturated carbocycles. The molecule has 0 bridgehead atoms. The first-order chi connectivity index (χ1) is 14.0. The van der Waals surface area contributed by atoms with Crippen LogP contribution in [0.15, 0.2) is 59.4 Å². The number of aromatic amines is 1. The molecule has 0 aliphatic carbocycles. The summed E-state index contributed by atoms with van der Waals surface area (Å²) in [6, 6.07) is 14.2. The summed E-state index contributed by atoms with van der Waals surface area (Å²) in [5.41, 5.74) is 8.82. The fourth-order valence-corrected chi connectivity index (χ4v) is 3.17. The number of amides is 1. The number of hydrogen-bond acceptors (Lipinski definition) is 5. The summed E-state index contributed by atoms with van der Waals surface area (Å²) in [6.07, 6.45) is 3.36. The topological polar surface area (TPSA) is 114 Å². The first-order valence-electron chi connectivity index (χ1n) is 9.10. The summed E-state index contributed by atoms with van der Waals surface area (Å²) in [4.78, 5) is 27.6. The number of nitrogen functional groups attached to an aromatic ring is 1. The summed E-state index contributed by atoms with van der Waals surface area (Å²) in [5.74, 6) is 0.422. The van der Waals surface area contributed by atoms with Crippen molar-refractivity contribution in [2.75, 3.05) is 23.5 Å². The maximum atomic E-state index is 12.5. The molecule has 29 heavy (non-hydrogen) atoms. The molecule has 4 rings (SSSR count). The van der Waals surface area contributed by atoms with E-state index in [1.54, 1.807) is 42.0 Å². The van der Waals surface area contributed by atoms with Crippen LogP contribution in [0.5, 0.6) is 0 Å². The Bertz CT molecular complexity index is 1130. The molecule has 1 aliphatic heterocycles. The quantitative estimate of drug-likeness (QED) is 0.499. The van der Waals surface area contributed by atoms with Crippen LogP contribution in [0.1, 0.15) is 21.6 Å². The number of ether oxygens (including phenoxy) is 1. The Morgan fingerprint density at radius 3 is 2.69 bits per heavy atom. The van der Waals surface area contributed by atoms with E-state index in [9.17, 15) is 9.59 Å².